The summed E-state index contributed by atoms with van der Waals surface area (Å²) in [5, 5.41) is 58.7. The van der Waals surface area contributed by atoms with Gasteiger partial charge in [-0.25, -0.2) is 4.79 Å². The third-order valence-corrected chi connectivity index (χ3v) is 4.74. The van der Waals surface area contributed by atoms with E-state index in [0.717, 1.165) is 0 Å². The number of aliphatic hydroxyl groups excluding tert-OH is 5. The lowest BCUT2D eigenvalue weighted by atomic mass is 9.89. The fourth-order valence-corrected chi connectivity index (χ4v) is 3.08. The molecule has 0 radical (unpaired) electrons. The molecule has 0 saturated carbocycles. The quantitative estimate of drug-likeness (QED) is 0.211. The molecule has 12 nitrogen and oxygen atoms in total. The van der Waals surface area contributed by atoms with Gasteiger partial charge in [0.2, 0.25) is 0 Å². The van der Waals surface area contributed by atoms with E-state index >= 15 is 0 Å². The molecule has 10 atom stereocenters. The summed E-state index contributed by atoms with van der Waals surface area (Å²) in [6, 6.07) is -0.992. The number of nitrogens with one attached hydrogen (secondary N) is 1. The van der Waals surface area contributed by atoms with Crippen molar-refractivity contribution in [3.63, 3.8) is 0 Å². The maximum atomic E-state index is 11.4. The minimum absolute atomic E-state index is 0.242. The number of hydrogen-bond donors (Lipinski definition) is 7. The van der Waals surface area contributed by atoms with Crippen LogP contribution in [-0.2, 0) is 23.8 Å². The molecular formula is C15H27NO11. The van der Waals surface area contributed by atoms with Gasteiger partial charge in [0.25, 0.3) is 0 Å². The van der Waals surface area contributed by atoms with E-state index in [1.165, 1.54) is 0 Å². The van der Waals surface area contributed by atoms with E-state index in [1.54, 1.807) is 13.8 Å². The van der Waals surface area contributed by atoms with E-state index in [-0.39, 0.29) is 6.61 Å². The molecule has 0 aromatic carbocycles. The molecule has 27 heavy (non-hydrogen) atoms. The summed E-state index contributed by atoms with van der Waals surface area (Å²) in [5.41, 5.74) is 2.55. The van der Waals surface area contributed by atoms with E-state index < -0.39 is 73.7 Å². The largest absolute Gasteiger partial charge is 0.479 e. The first-order valence-corrected chi connectivity index (χ1v) is 8.62. The minimum atomic E-state index is -1.92. The Morgan fingerprint density at radius 3 is 2.33 bits per heavy atom. The van der Waals surface area contributed by atoms with Gasteiger partial charge < -0.3 is 49.7 Å². The van der Waals surface area contributed by atoms with Gasteiger partial charge in [-0.1, -0.05) is 6.92 Å². The maximum absolute atomic E-state index is 11.4. The highest BCUT2D eigenvalue weighted by atomic mass is 16.7. The van der Waals surface area contributed by atoms with E-state index in [2.05, 4.69) is 5.48 Å². The standard InChI is InChI=1S/C15H27NO11/c1-3-24-16-7-8(18)5(2)6(4-17)25-15(7)27-11-9(19)10(20)14(23)26-12(11)13(21)22/h5-12,14-20,23H,3-4H2,1-2H3,(H,21,22)/t5?,6-,7?,8+,9-,10-,11?,12+,14+,15?/m1/s1. The molecule has 0 amide bonds. The average Bonchev–Trinajstić information content (AvgIpc) is 2.63. The van der Waals surface area contributed by atoms with Gasteiger partial charge in [-0.15, -0.1) is 0 Å². The third kappa shape index (κ3) is 4.74. The first-order chi connectivity index (χ1) is 12.7. The molecule has 4 unspecified atom stereocenters. The van der Waals surface area contributed by atoms with E-state index in [0.29, 0.717) is 0 Å². The molecule has 0 bridgehead atoms. The number of carboxylic acid groups (broad SMARTS) is 1. The van der Waals surface area contributed by atoms with Gasteiger partial charge in [-0.3, -0.25) is 0 Å². The van der Waals surface area contributed by atoms with E-state index in [1.807, 2.05) is 0 Å². The van der Waals surface area contributed by atoms with Crippen LogP contribution in [0.1, 0.15) is 13.8 Å². The Morgan fingerprint density at radius 2 is 1.78 bits per heavy atom. The Morgan fingerprint density at radius 1 is 1.11 bits per heavy atom. The molecule has 0 aliphatic carbocycles. The fourth-order valence-electron chi connectivity index (χ4n) is 3.08. The van der Waals surface area contributed by atoms with Gasteiger partial charge in [-0.05, 0) is 6.92 Å². The van der Waals surface area contributed by atoms with Gasteiger partial charge in [0, 0.05) is 5.92 Å². The Kier molecular flexibility index (Phi) is 7.88. The van der Waals surface area contributed by atoms with E-state index in [4.69, 9.17) is 19.0 Å². The Bertz CT molecular complexity index is 494. The second-order valence-electron chi connectivity index (χ2n) is 6.52. The van der Waals surface area contributed by atoms with Gasteiger partial charge in [0.15, 0.2) is 18.7 Å². The Hall–Kier alpha value is -0.930. The number of aliphatic hydroxyl groups is 5. The molecule has 2 saturated heterocycles. The van der Waals surface area contributed by atoms with Crippen molar-refractivity contribution >= 4 is 5.97 Å². The minimum Gasteiger partial charge on any atom is -0.479 e. The van der Waals surface area contributed by atoms with Crippen molar-refractivity contribution < 1.29 is 54.5 Å². The molecule has 0 aromatic heterocycles. The van der Waals surface area contributed by atoms with Crippen LogP contribution in [0.3, 0.4) is 0 Å². The SMILES string of the molecule is CCONC1C(OC2[C@@H](C(=O)O)O[C@H](O)[C@H](O)[C@H]2O)O[C@H](CO)C(C)[C@@H]1O. The summed E-state index contributed by atoms with van der Waals surface area (Å²) in [6.07, 6.45) is -12.3. The van der Waals surface area contributed by atoms with Crippen LogP contribution in [0, 0.1) is 5.92 Å². The maximum Gasteiger partial charge on any atom is 0.335 e. The third-order valence-electron chi connectivity index (χ3n) is 4.74. The molecule has 0 aromatic rings. The van der Waals surface area contributed by atoms with Crippen LogP contribution in [0.25, 0.3) is 0 Å². The Labute approximate surface area is 155 Å². The summed E-state index contributed by atoms with van der Waals surface area (Å²) in [6.45, 7) is 3.13. The lowest BCUT2D eigenvalue weighted by Gasteiger charge is -2.46. The molecule has 2 fully saturated rings. The van der Waals surface area contributed by atoms with Crippen LogP contribution in [0.4, 0.5) is 0 Å². The van der Waals surface area contributed by atoms with Crippen LogP contribution >= 0.6 is 0 Å². The van der Waals surface area contributed by atoms with Crippen molar-refractivity contribution in [2.24, 2.45) is 5.92 Å². The van der Waals surface area contributed by atoms with Crippen molar-refractivity contribution in [2.75, 3.05) is 13.2 Å². The average molecular weight is 397 g/mol. The lowest BCUT2D eigenvalue weighted by molar-refractivity contribution is -0.337. The molecule has 2 rings (SSSR count). The zero-order valence-electron chi connectivity index (χ0n) is 14.9. The number of hydroxylamine groups is 1. The van der Waals surface area contributed by atoms with E-state index in [9.17, 15) is 35.4 Å². The molecule has 12 heteroatoms. The first kappa shape index (κ1) is 22.4. The van der Waals surface area contributed by atoms with Crippen LogP contribution in [0.15, 0.2) is 0 Å². The predicted molar refractivity (Wildman–Crippen MR) is 84.9 cm³/mol. The summed E-state index contributed by atoms with van der Waals surface area (Å²) >= 11 is 0. The van der Waals surface area contributed by atoms with Gasteiger partial charge in [0.1, 0.15) is 24.4 Å². The molecule has 0 spiro atoms. The highest BCUT2D eigenvalue weighted by molar-refractivity contribution is 5.73. The van der Waals surface area contributed by atoms with Crippen LogP contribution in [0.2, 0.25) is 0 Å². The fraction of sp³-hybridized carbons (Fsp3) is 0.933. The number of carbonyl (C=O) groups is 1. The summed E-state index contributed by atoms with van der Waals surface area (Å²) in [7, 11) is 0. The van der Waals surface area contributed by atoms with Crippen LogP contribution < -0.4 is 5.48 Å². The van der Waals surface area contributed by atoms with Crippen molar-refractivity contribution in [3.05, 3.63) is 0 Å². The predicted octanol–water partition coefficient (Wildman–Crippen LogP) is -3.48. The lowest BCUT2D eigenvalue weighted by Crippen LogP contribution is -2.66. The summed E-state index contributed by atoms with van der Waals surface area (Å²) in [5.74, 6) is -2.05. The number of ether oxygens (including phenoxy) is 3. The highest BCUT2D eigenvalue weighted by Crippen LogP contribution is 2.31. The van der Waals surface area contributed by atoms with Gasteiger partial charge in [-0.2, -0.15) is 5.48 Å². The molecule has 158 valence electrons. The number of carboxylic acids is 1. The van der Waals surface area contributed by atoms with Crippen molar-refractivity contribution in [3.8, 4) is 0 Å². The normalized spacial score (nSPS) is 45.6. The second-order valence-corrected chi connectivity index (χ2v) is 6.52. The van der Waals surface area contributed by atoms with Crippen LogP contribution in [0.5, 0.6) is 0 Å². The van der Waals surface area contributed by atoms with Gasteiger partial charge >= 0.3 is 5.97 Å². The molecule has 2 heterocycles. The van der Waals surface area contributed by atoms with Crippen molar-refractivity contribution in [1.82, 2.24) is 5.48 Å². The van der Waals surface area contributed by atoms with Crippen molar-refractivity contribution in [2.45, 2.75) is 69.1 Å². The Balaban J connectivity index is 2.24. The molecule has 2 aliphatic heterocycles. The van der Waals surface area contributed by atoms with Crippen molar-refractivity contribution in [1.29, 1.82) is 0 Å². The topological polar surface area (TPSA) is 187 Å². The first-order valence-electron chi connectivity index (χ1n) is 8.62. The monoisotopic (exact) mass is 397 g/mol. The summed E-state index contributed by atoms with van der Waals surface area (Å²) < 4.78 is 15.9. The summed E-state index contributed by atoms with van der Waals surface area (Å²) in [4.78, 5) is 16.5. The molecule has 2 aliphatic rings. The number of hydrogen-bond acceptors (Lipinski definition) is 11. The highest BCUT2D eigenvalue weighted by Gasteiger charge is 2.52. The smallest absolute Gasteiger partial charge is 0.335 e. The molecular weight excluding hydrogens is 370 g/mol. The zero-order valence-corrected chi connectivity index (χ0v) is 14.9. The zero-order chi connectivity index (χ0) is 20.3. The van der Waals surface area contributed by atoms with Gasteiger partial charge in [0.05, 0.1) is 25.4 Å². The molecule has 7 N–H and O–H groups in total. The number of rotatable bonds is 7. The second kappa shape index (κ2) is 9.52. The number of aliphatic carboxylic acids is 1. The van der Waals surface area contributed by atoms with Crippen LogP contribution in [-0.4, -0.2) is 105 Å².